The summed E-state index contributed by atoms with van der Waals surface area (Å²) in [6, 6.07) is 4.00. The number of allylic oxidation sites excluding steroid dienone is 6. The molecule has 1 aromatic rings. The summed E-state index contributed by atoms with van der Waals surface area (Å²) in [5.74, 6) is 1.41. The van der Waals surface area contributed by atoms with Crippen LogP contribution in [0, 0.1) is 30.6 Å². The van der Waals surface area contributed by atoms with Crippen LogP contribution in [-0.2, 0) is 9.59 Å². The Labute approximate surface area is 209 Å². The van der Waals surface area contributed by atoms with Crippen LogP contribution < -0.4 is 0 Å². The fourth-order valence-corrected chi connectivity index (χ4v) is 6.17. The Bertz CT molecular complexity index is 1140. The highest BCUT2D eigenvalue weighted by Gasteiger charge is 2.34. The first-order valence-electron chi connectivity index (χ1n) is 13.7. The van der Waals surface area contributed by atoms with Gasteiger partial charge < -0.3 is 0 Å². The Kier molecular flexibility index (Phi) is 6.79. The standard InChI is InChI=1S/C32H38O3/c1-19-4-6-22(7-5-19)16-23-10-12-25(13-11-23)31(34)27-18-28-26(14-21(27)3)20(2)15-29(28)32(35)30(33)17-24-8-9-24/h4,6-7,14-15,18-20,23-25H,5,8-13,16-17H2,1-3H3. The first-order valence-corrected chi connectivity index (χ1v) is 13.7. The van der Waals surface area contributed by atoms with Crippen molar-refractivity contribution in [1.29, 1.82) is 0 Å². The highest BCUT2D eigenvalue weighted by molar-refractivity contribution is 6.54. The molecule has 4 aliphatic rings. The van der Waals surface area contributed by atoms with E-state index >= 15 is 0 Å². The third-order valence-electron chi connectivity index (χ3n) is 8.66. The second-order valence-electron chi connectivity index (χ2n) is 11.7. The van der Waals surface area contributed by atoms with Gasteiger partial charge in [0.1, 0.15) is 0 Å². The van der Waals surface area contributed by atoms with Crippen molar-refractivity contribution in [1.82, 2.24) is 0 Å². The molecular formula is C32H38O3. The van der Waals surface area contributed by atoms with E-state index < -0.39 is 0 Å². The zero-order chi connectivity index (χ0) is 24.7. The van der Waals surface area contributed by atoms with E-state index in [4.69, 9.17) is 0 Å². The third-order valence-corrected chi connectivity index (χ3v) is 8.66. The lowest BCUT2D eigenvalue weighted by molar-refractivity contribution is -0.133. The zero-order valence-electron chi connectivity index (χ0n) is 21.4. The lowest BCUT2D eigenvalue weighted by atomic mass is 9.75. The summed E-state index contributed by atoms with van der Waals surface area (Å²) in [5, 5.41) is 0. The maximum Gasteiger partial charge on any atom is 0.228 e. The predicted octanol–water partition coefficient (Wildman–Crippen LogP) is 7.34. The van der Waals surface area contributed by atoms with Gasteiger partial charge in [-0.2, -0.15) is 0 Å². The molecular weight excluding hydrogens is 432 g/mol. The summed E-state index contributed by atoms with van der Waals surface area (Å²) < 4.78 is 0. The van der Waals surface area contributed by atoms with Crippen LogP contribution in [0.4, 0.5) is 0 Å². The van der Waals surface area contributed by atoms with E-state index in [-0.39, 0.29) is 29.2 Å². The summed E-state index contributed by atoms with van der Waals surface area (Å²) >= 11 is 0. The molecule has 3 heteroatoms. The molecule has 184 valence electrons. The molecule has 2 fully saturated rings. The molecule has 0 N–H and O–H groups in total. The molecule has 4 aliphatic carbocycles. The first-order chi connectivity index (χ1) is 16.8. The Hall–Kier alpha value is -2.55. The molecule has 2 atom stereocenters. The van der Waals surface area contributed by atoms with Gasteiger partial charge in [-0.15, -0.1) is 0 Å². The van der Waals surface area contributed by atoms with Crippen molar-refractivity contribution in [3.05, 3.63) is 64.3 Å². The first kappa shape index (κ1) is 24.2. The average molecular weight is 471 g/mol. The smallest absolute Gasteiger partial charge is 0.228 e. The molecule has 0 heterocycles. The van der Waals surface area contributed by atoms with E-state index in [2.05, 4.69) is 38.1 Å². The fraction of sp³-hybridized carbons (Fsp3) is 0.531. The second-order valence-corrected chi connectivity index (χ2v) is 11.7. The molecule has 0 aliphatic heterocycles. The number of carbonyl (C=O) groups excluding carboxylic acids is 3. The number of fused-ring (bicyclic) bond motifs is 1. The number of aryl methyl sites for hydroxylation is 1. The molecule has 0 saturated heterocycles. The van der Waals surface area contributed by atoms with Crippen LogP contribution in [-0.4, -0.2) is 17.3 Å². The summed E-state index contributed by atoms with van der Waals surface area (Å²) in [6.45, 7) is 6.32. The van der Waals surface area contributed by atoms with E-state index in [0.717, 1.165) is 73.6 Å². The molecule has 0 amide bonds. The van der Waals surface area contributed by atoms with Crippen LogP contribution >= 0.6 is 0 Å². The van der Waals surface area contributed by atoms with Gasteiger partial charge in [0.15, 0.2) is 5.78 Å². The van der Waals surface area contributed by atoms with Crippen molar-refractivity contribution in [3.8, 4) is 0 Å². The monoisotopic (exact) mass is 470 g/mol. The van der Waals surface area contributed by atoms with Gasteiger partial charge in [0, 0.05) is 29.4 Å². The van der Waals surface area contributed by atoms with Gasteiger partial charge in [-0.25, -0.2) is 0 Å². The number of carbonyl (C=O) groups is 3. The summed E-state index contributed by atoms with van der Waals surface area (Å²) in [5.41, 5.74) is 5.57. The number of benzene rings is 1. The molecule has 1 aromatic carbocycles. The van der Waals surface area contributed by atoms with Gasteiger partial charge in [0.05, 0.1) is 0 Å². The molecule has 35 heavy (non-hydrogen) atoms. The van der Waals surface area contributed by atoms with Crippen LogP contribution in [0.1, 0.15) is 105 Å². The van der Waals surface area contributed by atoms with E-state index in [0.29, 0.717) is 29.7 Å². The van der Waals surface area contributed by atoms with Crippen molar-refractivity contribution < 1.29 is 14.4 Å². The SMILES string of the molecule is Cc1cc2c(cc1C(=O)C1CCC(CC3=CCC(C)C=C3)CC1)C(C(=O)C(=O)CC1CC1)=CC2C. The lowest BCUT2D eigenvalue weighted by Crippen LogP contribution is -2.23. The maximum atomic E-state index is 13.6. The number of hydrogen-bond donors (Lipinski definition) is 0. The van der Waals surface area contributed by atoms with E-state index in [1.54, 1.807) is 0 Å². The molecule has 0 radical (unpaired) electrons. The summed E-state index contributed by atoms with van der Waals surface area (Å²) in [6.07, 6.45) is 17.7. The average Bonchev–Trinajstić information content (AvgIpc) is 3.61. The van der Waals surface area contributed by atoms with Crippen LogP contribution in [0.2, 0.25) is 0 Å². The third kappa shape index (κ3) is 5.20. The van der Waals surface area contributed by atoms with Crippen molar-refractivity contribution >= 4 is 22.9 Å². The van der Waals surface area contributed by atoms with E-state index in [9.17, 15) is 14.4 Å². The minimum absolute atomic E-state index is 0.0531. The summed E-state index contributed by atoms with van der Waals surface area (Å²) in [4.78, 5) is 39.1. The van der Waals surface area contributed by atoms with Gasteiger partial charge in [0.2, 0.25) is 11.6 Å². The minimum Gasteiger partial charge on any atom is -0.294 e. The Morgan fingerprint density at radius 3 is 2.31 bits per heavy atom. The number of rotatable bonds is 8. The zero-order valence-corrected chi connectivity index (χ0v) is 21.4. The predicted molar refractivity (Wildman–Crippen MR) is 140 cm³/mol. The van der Waals surface area contributed by atoms with Crippen LogP contribution in [0.25, 0.3) is 5.57 Å². The van der Waals surface area contributed by atoms with Gasteiger partial charge in [-0.05, 0) is 98.8 Å². The Balaban J connectivity index is 1.27. The highest BCUT2D eigenvalue weighted by atomic mass is 16.2. The van der Waals surface area contributed by atoms with Crippen molar-refractivity contribution in [2.24, 2.45) is 23.7 Å². The van der Waals surface area contributed by atoms with Gasteiger partial charge in [-0.3, -0.25) is 14.4 Å². The van der Waals surface area contributed by atoms with Crippen LogP contribution in [0.5, 0.6) is 0 Å². The fourth-order valence-electron chi connectivity index (χ4n) is 6.17. The molecule has 0 spiro atoms. The van der Waals surface area contributed by atoms with E-state index in [1.165, 1.54) is 5.57 Å². The van der Waals surface area contributed by atoms with Crippen LogP contribution in [0.15, 0.2) is 42.0 Å². The topological polar surface area (TPSA) is 51.2 Å². The number of ketones is 3. The van der Waals surface area contributed by atoms with Crippen molar-refractivity contribution in [2.45, 2.75) is 84.5 Å². The molecule has 0 bridgehead atoms. The lowest BCUT2D eigenvalue weighted by Gasteiger charge is -2.29. The Morgan fingerprint density at radius 1 is 0.943 bits per heavy atom. The number of hydrogen-bond acceptors (Lipinski definition) is 3. The minimum atomic E-state index is -0.370. The molecule has 2 unspecified atom stereocenters. The quantitative estimate of drug-likeness (QED) is 0.295. The normalized spacial score (nSPS) is 27.7. The van der Waals surface area contributed by atoms with Gasteiger partial charge in [0.25, 0.3) is 0 Å². The van der Waals surface area contributed by atoms with Gasteiger partial charge in [-0.1, -0.05) is 49.8 Å². The Morgan fingerprint density at radius 2 is 1.66 bits per heavy atom. The van der Waals surface area contributed by atoms with Crippen molar-refractivity contribution in [2.75, 3.05) is 0 Å². The highest BCUT2D eigenvalue weighted by Crippen LogP contribution is 2.41. The molecule has 5 rings (SSSR count). The van der Waals surface area contributed by atoms with E-state index in [1.807, 2.05) is 19.1 Å². The number of Topliss-reactive ketones (excluding diaryl/α,β-unsaturated/α-hetero) is 3. The molecule has 3 nitrogen and oxygen atoms in total. The van der Waals surface area contributed by atoms with Crippen molar-refractivity contribution in [3.63, 3.8) is 0 Å². The maximum absolute atomic E-state index is 13.6. The van der Waals surface area contributed by atoms with Crippen LogP contribution in [0.3, 0.4) is 0 Å². The second kappa shape index (κ2) is 9.84. The largest absolute Gasteiger partial charge is 0.294 e. The molecule has 0 aromatic heterocycles. The summed E-state index contributed by atoms with van der Waals surface area (Å²) in [7, 11) is 0. The molecule has 2 saturated carbocycles. The van der Waals surface area contributed by atoms with Gasteiger partial charge >= 0.3 is 0 Å².